The molecule has 0 unspecified atom stereocenters. The van der Waals surface area contributed by atoms with Crippen LogP contribution in [0, 0.1) is 11.6 Å². The van der Waals surface area contributed by atoms with Crippen molar-refractivity contribution in [2.75, 3.05) is 5.73 Å². The lowest BCUT2D eigenvalue weighted by Gasteiger charge is -2.26. The molecule has 7 nitrogen and oxygen atoms in total. The number of hydrogen-bond donors (Lipinski definition) is 1. The van der Waals surface area contributed by atoms with Gasteiger partial charge in [0, 0.05) is 30.4 Å². The van der Waals surface area contributed by atoms with E-state index >= 15 is 0 Å². The molecule has 2 aromatic heterocycles. The molecule has 1 saturated heterocycles. The molecular weight excluding hydrogens is 436 g/mol. The van der Waals surface area contributed by atoms with Crippen molar-refractivity contribution in [3.63, 3.8) is 0 Å². The number of nitrogens with two attached hydrogens (primary N) is 1. The number of pyridine rings is 1. The molecule has 1 fully saturated rings. The summed E-state index contributed by atoms with van der Waals surface area (Å²) in [5.41, 5.74) is 9.45. The fourth-order valence-corrected chi connectivity index (χ4v) is 4.56. The third-order valence-electron chi connectivity index (χ3n) is 6.58. The van der Waals surface area contributed by atoms with E-state index in [-0.39, 0.29) is 17.3 Å². The van der Waals surface area contributed by atoms with Crippen LogP contribution in [-0.4, -0.2) is 42.2 Å². The molecule has 34 heavy (non-hydrogen) atoms. The summed E-state index contributed by atoms with van der Waals surface area (Å²) in [6, 6.07) is 15.1. The third kappa shape index (κ3) is 4.03. The van der Waals surface area contributed by atoms with Crippen molar-refractivity contribution in [3.8, 4) is 28.2 Å². The van der Waals surface area contributed by atoms with Gasteiger partial charge in [0.25, 0.3) is 0 Å². The molecule has 0 bridgehead atoms. The molecule has 4 aromatic rings. The molecule has 0 aliphatic carbocycles. The summed E-state index contributed by atoms with van der Waals surface area (Å²) >= 11 is 0. The first-order valence-corrected chi connectivity index (χ1v) is 11.3. The highest BCUT2D eigenvalue weighted by Gasteiger charge is 2.27. The molecule has 2 N–H and O–H groups in total. The molecule has 0 saturated carbocycles. The number of nitrogens with zero attached hydrogens (tertiary/aromatic N) is 6. The summed E-state index contributed by atoms with van der Waals surface area (Å²) in [5.74, 6) is -1.68. The fourth-order valence-electron chi connectivity index (χ4n) is 4.56. The number of likely N-dealkylation sites (tertiary alicyclic amines) is 1. The lowest BCUT2D eigenvalue weighted by Crippen LogP contribution is -2.31. The van der Waals surface area contributed by atoms with E-state index in [4.69, 9.17) is 5.73 Å². The number of halogens is 2. The van der Waals surface area contributed by atoms with Crippen LogP contribution < -0.4 is 5.73 Å². The van der Waals surface area contributed by atoms with Gasteiger partial charge in [-0.1, -0.05) is 30.3 Å². The Balaban J connectivity index is 1.46. The number of nitrogen functional groups attached to an aromatic ring is 1. The average Bonchev–Trinajstić information content (AvgIpc) is 3.44. The SMILES string of the molecule is C[C@@H]1CC[C@@H](C)N1Cc1ccc(-c2cnc(N)c(-c3nnnn3-c3cccc(F)c3F)c2)cc1. The second-order valence-electron chi connectivity index (χ2n) is 8.79. The van der Waals surface area contributed by atoms with Gasteiger partial charge in [0.05, 0.1) is 5.56 Å². The van der Waals surface area contributed by atoms with Crippen LogP contribution in [0.3, 0.4) is 0 Å². The molecule has 0 spiro atoms. The van der Waals surface area contributed by atoms with E-state index in [0.29, 0.717) is 17.6 Å². The van der Waals surface area contributed by atoms with Crippen molar-refractivity contribution < 1.29 is 8.78 Å². The van der Waals surface area contributed by atoms with Crippen LogP contribution in [0.1, 0.15) is 32.3 Å². The van der Waals surface area contributed by atoms with E-state index in [9.17, 15) is 8.78 Å². The van der Waals surface area contributed by atoms with Crippen LogP contribution in [0.25, 0.3) is 28.2 Å². The normalized spacial score (nSPS) is 18.5. The average molecular weight is 462 g/mol. The first-order valence-electron chi connectivity index (χ1n) is 11.3. The zero-order chi connectivity index (χ0) is 23.8. The fraction of sp³-hybridized carbons (Fsp3) is 0.280. The summed E-state index contributed by atoms with van der Waals surface area (Å²) in [7, 11) is 0. The molecule has 2 atom stereocenters. The lowest BCUT2D eigenvalue weighted by molar-refractivity contribution is 0.205. The largest absolute Gasteiger partial charge is 0.383 e. The van der Waals surface area contributed by atoms with Crippen molar-refractivity contribution in [1.82, 2.24) is 30.1 Å². The van der Waals surface area contributed by atoms with E-state index < -0.39 is 11.6 Å². The van der Waals surface area contributed by atoms with E-state index in [2.05, 4.69) is 51.4 Å². The van der Waals surface area contributed by atoms with Crippen molar-refractivity contribution in [2.45, 2.75) is 45.3 Å². The minimum atomic E-state index is -1.05. The van der Waals surface area contributed by atoms with Gasteiger partial charge >= 0.3 is 0 Å². The molecule has 1 aliphatic rings. The molecule has 3 heterocycles. The predicted molar refractivity (Wildman–Crippen MR) is 126 cm³/mol. The van der Waals surface area contributed by atoms with Crippen LogP contribution in [0.4, 0.5) is 14.6 Å². The van der Waals surface area contributed by atoms with E-state index in [0.717, 1.165) is 28.4 Å². The second-order valence-corrected chi connectivity index (χ2v) is 8.79. The third-order valence-corrected chi connectivity index (χ3v) is 6.58. The van der Waals surface area contributed by atoms with Crippen molar-refractivity contribution >= 4 is 5.82 Å². The van der Waals surface area contributed by atoms with Crippen LogP contribution in [0.5, 0.6) is 0 Å². The molecule has 0 radical (unpaired) electrons. The van der Waals surface area contributed by atoms with Gasteiger partial charge < -0.3 is 5.73 Å². The maximum atomic E-state index is 14.4. The summed E-state index contributed by atoms with van der Waals surface area (Å²) < 4.78 is 29.3. The maximum Gasteiger partial charge on any atom is 0.190 e. The summed E-state index contributed by atoms with van der Waals surface area (Å²) in [5, 5.41) is 11.5. The predicted octanol–water partition coefficient (Wildman–Crippen LogP) is 4.62. The van der Waals surface area contributed by atoms with E-state index in [1.54, 1.807) is 12.3 Å². The van der Waals surface area contributed by atoms with Crippen molar-refractivity contribution in [2.24, 2.45) is 0 Å². The van der Waals surface area contributed by atoms with Crippen LogP contribution in [0.2, 0.25) is 0 Å². The highest BCUT2D eigenvalue weighted by Crippen LogP contribution is 2.31. The van der Waals surface area contributed by atoms with Gasteiger partial charge in [0.15, 0.2) is 17.5 Å². The van der Waals surface area contributed by atoms with Crippen LogP contribution >= 0.6 is 0 Å². The highest BCUT2D eigenvalue weighted by molar-refractivity contribution is 5.76. The maximum absolute atomic E-state index is 14.4. The zero-order valence-electron chi connectivity index (χ0n) is 19.0. The number of benzene rings is 2. The Morgan fingerprint density at radius 3 is 2.47 bits per heavy atom. The van der Waals surface area contributed by atoms with Crippen molar-refractivity contribution in [1.29, 1.82) is 0 Å². The Hall–Kier alpha value is -3.72. The summed E-state index contributed by atoms with van der Waals surface area (Å²) in [6.45, 7) is 5.48. The first kappa shape index (κ1) is 22.1. The van der Waals surface area contributed by atoms with Crippen molar-refractivity contribution in [3.05, 3.63) is 71.9 Å². The topological polar surface area (TPSA) is 85.8 Å². The van der Waals surface area contributed by atoms with Gasteiger partial charge in [0.1, 0.15) is 11.5 Å². The van der Waals surface area contributed by atoms with Gasteiger partial charge in [0.2, 0.25) is 0 Å². The Kier molecular flexibility index (Phi) is 5.79. The number of rotatable bonds is 5. The molecule has 1 aliphatic heterocycles. The Labute approximate surface area is 196 Å². The summed E-state index contributed by atoms with van der Waals surface area (Å²) in [6.07, 6.45) is 4.14. The monoisotopic (exact) mass is 461 g/mol. The van der Waals surface area contributed by atoms with E-state index in [1.807, 2.05) is 12.1 Å². The minimum absolute atomic E-state index is 0.112. The van der Waals surface area contributed by atoms with Gasteiger partial charge in [-0.3, -0.25) is 4.90 Å². The number of aromatic nitrogens is 5. The molecule has 5 rings (SSSR count). The van der Waals surface area contributed by atoms with Crippen LogP contribution in [-0.2, 0) is 6.54 Å². The minimum Gasteiger partial charge on any atom is -0.383 e. The Bertz CT molecular complexity index is 1310. The Morgan fingerprint density at radius 1 is 1.00 bits per heavy atom. The molecule has 9 heteroatoms. The number of tetrazole rings is 1. The first-order chi connectivity index (χ1) is 16.4. The zero-order valence-corrected chi connectivity index (χ0v) is 19.0. The smallest absolute Gasteiger partial charge is 0.190 e. The highest BCUT2D eigenvalue weighted by atomic mass is 19.2. The van der Waals surface area contributed by atoms with Gasteiger partial charge in [-0.2, -0.15) is 4.68 Å². The molecule has 174 valence electrons. The molecule has 2 aromatic carbocycles. The number of anilines is 1. The number of hydrogen-bond acceptors (Lipinski definition) is 6. The summed E-state index contributed by atoms with van der Waals surface area (Å²) in [4.78, 5) is 6.84. The van der Waals surface area contributed by atoms with Gasteiger partial charge in [-0.25, -0.2) is 13.8 Å². The molecular formula is C25H25F2N7. The second kappa shape index (κ2) is 8.90. The van der Waals surface area contributed by atoms with Gasteiger partial charge in [-0.05, 0) is 66.4 Å². The quantitative estimate of drug-likeness (QED) is 0.467. The Morgan fingerprint density at radius 2 is 1.74 bits per heavy atom. The standard InChI is InChI=1S/C25H25F2N7/c1-15-6-7-16(2)33(15)14-17-8-10-18(11-9-17)19-12-20(24(28)29-13-19)25-30-31-32-34(25)22-5-3-4-21(26)23(22)27/h3-5,8-13,15-16H,6-7,14H2,1-2H3,(H2,28,29)/t15-,16-/m1/s1. The lowest BCUT2D eigenvalue weighted by atomic mass is 10.0. The van der Waals surface area contributed by atoms with Crippen LogP contribution in [0.15, 0.2) is 54.7 Å². The van der Waals surface area contributed by atoms with E-state index in [1.165, 1.54) is 30.5 Å². The molecule has 0 amide bonds. The van der Waals surface area contributed by atoms with Gasteiger partial charge in [-0.15, -0.1) is 5.10 Å².